The number of nitrogens with zero attached hydrogens (tertiary/aromatic N) is 6. The Morgan fingerprint density at radius 2 is 2.03 bits per heavy atom. The van der Waals surface area contributed by atoms with E-state index >= 15 is 0 Å². The number of likely N-dealkylation sites (N-methyl/N-ethyl adjacent to an activating group) is 1. The summed E-state index contributed by atoms with van der Waals surface area (Å²) in [5.74, 6) is 0.558. The Balaban J connectivity index is 1.51. The van der Waals surface area contributed by atoms with E-state index in [1.165, 1.54) is 0 Å². The Morgan fingerprint density at radius 3 is 2.69 bits per heavy atom. The van der Waals surface area contributed by atoms with Crippen LogP contribution in [0.4, 0.5) is 16.3 Å². The molecule has 180 valence electrons. The first kappa shape index (κ1) is 22.9. The molecule has 0 saturated carbocycles. The minimum absolute atomic E-state index is 0.178. The number of hydrogen-bond acceptors (Lipinski definition) is 7. The average molecular weight is 492 g/mol. The highest BCUT2D eigenvalue weighted by Gasteiger charge is 2.22. The standard InChI is InChI=1S/C25H26ClN7O2/c1-15(2)35-25(34)33-21(18-11-29-32(4)13-18)8-17-10-28-24(9-22(17)33)30-20-6-5-16(7-19(20)26)23-12-27-14-31(23)3/h5-11,13-15,23H,12H2,1-4H3,(H,28,30). The highest BCUT2D eigenvalue weighted by molar-refractivity contribution is 6.33. The number of benzene rings is 1. The highest BCUT2D eigenvalue weighted by Crippen LogP contribution is 2.33. The third-order valence-corrected chi connectivity index (χ3v) is 6.19. The molecule has 1 unspecified atom stereocenters. The van der Waals surface area contributed by atoms with Crippen LogP contribution in [0.1, 0.15) is 25.5 Å². The molecule has 35 heavy (non-hydrogen) atoms. The van der Waals surface area contributed by atoms with Crippen molar-refractivity contribution in [3.05, 3.63) is 59.5 Å². The van der Waals surface area contributed by atoms with Crippen LogP contribution >= 0.6 is 11.6 Å². The maximum Gasteiger partial charge on any atom is 0.419 e. The second-order valence-corrected chi connectivity index (χ2v) is 9.26. The molecule has 1 aliphatic rings. The molecule has 0 saturated heterocycles. The Morgan fingerprint density at radius 1 is 1.20 bits per heavy atom. The van der Waals surface area contributed by atoms with Crippen LogP contribution in [0.15, 0.2) is 53.9 Å². The van der Waals surface area contributed by atoms with Crippen molar-refractivity contribution in [3.8, 4) is 11.3 Å². The van der Waals surface area contributed by atoms with E-state index in [9.17, 15) is 4.79 Å². The summed E-state index contributed by atoms with van der Waals surface area (Å²) in [5.41, 5.74) is 3.97. The Hall–Kier alpha value is -3.85. The predicted molar refractivity (Wildman–Crippen MR) is 138 cm³/mol. The first-order valence-corrected chi connectivity index (χ1v) is 11.7. The molecule has 5 rings (SSSR count). The Labute approximate surface area is 208 Å². The fraction of sp³-hybridized carbons (Fsp3) is 0.280. The Bertz CT molecular complexity index is 1440. The van der Waals surface area contributed by atoms with E-state index in [1.54, 1.807) is 21.6 Å². The number of anilines is 2. The number of aryl methyl sites for hydroxylation is 1. The van der Waals surface area contributed by atoms with Crippen molar-refractivity contribution in [2.75, 3.05) is 18.9 Å². The first-order chi connectivity index (χ1) is 16.8. The minimum Gasteiger partial charge on any atom is -0.446 e. The van der Waals surface area contributed by atoms with E-state index in [4.69, 9.17) is 16.3 Å². The summed E-state index contributed by atoms with van der Waals surface area (Å²) in [6.45, 7) is 4.35. The lowest BCUT2D eigenvalue weighted by molar-refractivity contribution is 0.118. The number of pyridine rings is 1. The van der Waals surface area contributed by atoms with Crippen LogP contribution in [0.2, 0.25) is 5.02 Å². The van der Waals surface area contributed by atoms with Gasteiger partial charge in [0.1, 0.15) is 5.82 Å². The SMILES string of the molecule is CC(C)OC(=O)n1c(-c2cnn(C)c2)cc2cnc(Nc3ccc(C4CN=CN4C)cc3Cl)cc21. The van der Waals surface area contributed by atoms with Gasteiger partial charge >= 0.3 is 6.09 Å². The van der Waals surface area contributed by atoms with Crippen LogP contribution in [0.5, 0.6) is 0 Å². The number of carbonyl (C=O) groups is 1. The highest BCUT2D eigenvalue weighted by atomic mass is 35.5. The molecule has 4 heterocycles. The van der Waals surface area contributed by atoms with Gasteiger partial charge < -0.3 is 15.0 Å². The summed E-state index contributed by atoms with van der Waals surface area (Å²) in [6.07, 6.45) is 6.41. The van der Waals surface area contributed by atoms with Crippen molar-refractivity contribution in [2.24, 2.45) is 12.0 Å². The molecule has 1 aliphatic heterocycles. The second-order valence-electron chi connectivity index (χ2n) is 8.85. The zero-order valence-electron chi connectivity index (χ0n) is 19.9. The van der Waals surface area contributed by atoms with Crippen LogP contribution < -0.4 is 5.32 Å². The smallest absolute Gasteiger partial charge is 0.419 e. The van der Waals surface area contributed by atoms with Crippen LogP contribution in [0.25, 0.3) is 22.2 Å². The molecule has 0 spiro atoms. The van der Waals surface area contributed by atoms with Crippen LogP contribution in [0.3, 0.4) is 0 Å². The van der Waals surface area contributed by atoms with E-state index in [0.29, 0.717) is 28.6 Å². The van der Waals surface area contributed by atoms with E-state index in [2.05, 4.69) is 25.3 Å². The van der Waals surface area contributed by atoms with E-state index in [1.807, 2.05) is 70.8 Å². The van der Waals surface area contributed by atoms with Crippen molar-refractivity contribution in [1.29, 1.82) is 0 Å². The number of fused-ring (bicyclic) bond motifs is 1. The van der Waals surface area contributed by atoms with Crippen molar-refractivity contribution in [3.63, 3.8) is 0 Å². The molecule has 0 fully saturated rings. The van der Waals surface area contributed by atoms with Gasteiger partial charge in [-0.05, 0) is 37.6 Å². The fourth-order valence-corrected chi connectivity index (χ4v) is 4.43. The Kier molecular flexibility index (Phi) is 5.94. The molecular weight excluding hydrogens is 466 g/mol. The van der Waals surface area contributed by atoms with Crippen LogP contribution in [-0.2, 0) is 11.8 Å². The van der Waals surface area contributed by atoms with Crippen molar-refractivity contribution in [2.45, 2.75) is 26.0 Å². The summed E-state index contributed by atoms with van der Waals surface area (Å²) in [7, 11) is 3.83. The molecule has 0 bridgehead atoms. The van der Waals surface area contributed by atoms with Gasteiger partial charge in [-0.15, -0.1) is 0 Å². The summed E-state index contributed by atoms with van der Waals surface area (Å²) < 4.78 is 8.79. The predicted octanol–water partition coefficient (Wildman–Crippen LogP) is 5.24. The van der Waals surface area contributed by atoms with E-state index < -0.39 is 6.09 Å². The number of rotatable bonds is 5. The molecule has 0 radical (unpaired) electrons. The summed E-state index contributed by atoms with van der Waals surface area (Å²) in [5, 5.41) is 8.91. The van der Waals surface area contributed by atoms with E-state index in [0.717, 1.165) is 22.2 Å². The zero-order chi connectivity index (χ0) is 24.7. The number of carbonyl (C=O) groups excluding carboxylic acids is 1. The van der Waals surface area contributed by atoms with Gasteiger partial charge in [0, 0.05) is 43.5 Å². The van der Waals surface area contributed by atoms with Gasteiger partial charge in [0.25, 0.3) is 0 Å². The number of hydrogen-bond donors (Lipinski definition) is 1. The summed E-state index contributed by atoms with van der Waals surface area (Å²) in [4.78, 5) is 24.0. The molecular formula is C25H26ClN7O2. The van der Waals surface area contributed by atoms with Crippen molar-refractivity contribution < 1.29 is 9.53 Å². The molecule has 0 aliphatic carbocycles. The van der Waals surface area contributed by atoms with Gasteiger partial charge in [0.15, 0.2) is 0 Å². The summed E-state index contributed by atoms with van der Waals surface area (Å²) in [6, 6.07) is 9.82. The van der Waals surface area contributed by atoms with Gasteiger partial charge in [-0.1, -0.05) is 17.7 Å². The molecule has 10 heteroatoms. The van der Waals surface area contributed by atoms with Crippen molar-refractivity contribution in [1.82, 2.24) is 24.2 Å². The van der Waals surface area contributed by atoms with Crippen molar-refractivity contribution >= 4 is 46.4 Å². The van der Waals surface area contributed by atoms with Gasteiger partial charge in [-0.3, -0.25) is 9.67 Å². The lowest BCUT2D eigenvalue weighted by Gasteiger charge is -2.20. The van der Waals surface area contributed by atoms with Crippen LogP contribution in [-0.4, -0.2) is 56.4 Å². The summed E-state index contributed by atoms with van der Waals surface area (Å²) >= 11 is 6.61. The van der Waals surface area contributed by atoms with Gasteiger partial charge in [-0.25, -0.2) is 14.3 Å². The fourth-order valence-electron chi connectivity index (χ4n) is 4.19. The molecule has 1 N–H and O–H groups in total. The maximum atomic E-state index is 13.1. The van der Waals surface area contributed by atoms with E-state index in [-0.39, 0.29) is 12.1 Å². The average Bonchev–Trinajstić information content (AvgIpc) is 3.52. The lowest BCUT2D eigenvalue weighted by atomic mass is 10.1. The second kappa shape index (κ2) is 9.07. The molecule has 3 aromatic heterocycles. The zero-order valence-corrected chi connectivity index (χ0v) is 20.7. The number of ether oxygens (including phenoxy) is 1. The molecule has 0 amide bonds. The normalized spacial score (nSPS) is 15.4. The minimum atomic E-state index is -0.462. The first-order valence-electron chi connectivity index (χ1n) is 11.3. The molecule has 9 nitrogen and oxygen atoms in total. The van der Waals surface area contributed by atoms with Crippen LogP contribution in [0, 0.1) is 0 Å². The molecule has 4 aromatic rings. The van der Waals surface area contributed by atoms with Gasteiger partial charge in [-0.2, -0.15) is 5.10 Å². The van der Waals surface area contributed by atoms with Gasteiger partial charge in [0.2, 0.25) is 0 Å². The number of nitrogens with one attached hydrogen (secondary N) is 1. The quantitative estimate of drug-likeness (QED) is 0.410. The third-order valence-electron chi connectivity index (χ3n) is 5.88. The molecule has 1 aromatic carbocycles. The monoisotopic (exact) mass is 491 g/mol. The third kappa shape index (κ3) is 4.46. The number of aliphatic imine (C=N–C) groups is 1. The topological polar surface area (TPSA) is 89.6 Å². The molecule has 1 atom stereocenters. The number of halogens is 1. The maximum absolute atomic E-state index is 13.1. The van der Waals surface area contributed by atoms with Gasteiger partial charge in [0.05, 0.1) is 53.1 Å². The largest absolute Gasteiger partial charge is 0.446 e. The number of aromatic nitrogens is 4. The lowest BCUT2D eigenvalue weighted by Crippen LogP contribution is -2.19.